The molecule has 0 bridgehead atoms. The molecule has 0 saturated heterocycles. The highest BCUT2D eigenvalue weighted by Gasteiger charge is 2.22. The summed E-state index contributed by atoms with van der Waals surface area (Å²) in [5, 5.41) is 16.1. The summed E-state index contributed by atoms with van der Waals surface area (Å²) in [4.78, 5) is 29.0. The number of terminal acetylenes is 1. The van der Waals surface area contributed by atoms with E-state index < -0.39 is 4.92 Å². The van der Waals surface area contributed by atoms with Crippen molar-refractivity contribution in [2.75, 3.05) is 6.61 Å². The van der Waals surface area contributed by atoms with Gasteiger partial charge in [0.05, 0.1) is 22.0 Å². The van der Waals surface area contributed by atoms with Gasteiger partial charge >= 0.3 is 0 Å². The van der Waals surface area contributed by atoms with Gasteiger partial charge in [0.25, 0.3) is 11.2 Å². The fraction of sp³-hybridized carbons (Fsp3) is 0.292. The maximum Gasteiger partial charge on any atom is 0.282 e. The van der Waals surface area contributed by atoms with Crippen LogP contribution in [0.4, 0.5) is 5.69 Å². The average molecular weight is 509 g/mol. The van der Waals surface area contributed by atoms with E-state index >= 15 is 0 Å². The molecule has 1 aliphatic carbocycles. The monoisotopic (exact) mass is 508 g/mol. The van der Waals surface area contributed by atoms with Crippen LogP contribution in [0.3, 0.4) is 0 Å². The van der Waals surface area contributed by atoms with Crippen LogP contribution in [-0.4, -0.2) is 27.4 Å². The number of benzene rings is 2. The van der Waals surface area contributed by atoms with Gasteiger partial charge in [-0.25, -0.2) is 4.98 Å². The van der Waals surface area contributed by atoms with Crippen molar-refractivity contribution in [1.29, 1.82) is 0 Å². The summed E-state index contributed by atoms with van der Waals surface area (Å²) in [5.74, 6) is 3.42. The van der Waals surface area contributed by atoms with Crippen LogP contribution in [0.1, 0.15) is 49.4 Å². The molecule has 0 radical (unpaired) electrons. The third-order valence-electron chi connectivity index (χ3n) is 5.63. The fourth-order valence-corrected chi connectivity index (χ4v) is 4.38. The molecule has 2 aromatic carbocycles. The number of rotatable bonds is 6. The third kappa shape index (κ3) is 4.96. The highest BCUT2D eigenvalue weighted by molar-refractivity contribution is 9.10. The van der Waals surface area contributed by atoms with Crippen molar-refractivity contribution in [3.63, 3.8) is 0 Å². The Morgan fingerprint density at radius 1 is 1.27 bits per heavy atom. The Bertz CT molecular complexity index is 1340. The molecule has 0 aliphatic heterocycles. The van der Waals surface area contributed by atoms with Crippen LogP contribution in [0, 0.1) is 22.5 Å². The van der Waals surface area contributed by atoms with Crippen molar-refractivity contribution in [1.82, 2.24) is 9.66 Å². The van der Waals surface area contributed by atoms with Gasteiger partial charge in [0.1, 0.15) is 18.2 Å². The molecule has 9 heteroatoms. The molecule has 1 saturated carbocycles. The molecule has 1 aromatic heterocycles. The standard InChI is InChI=1S/C24H21BrN4O4/c1-2-12-33-22-11-9-19(29(31)32)13-17(22)15-26-28-23(16-6-4-3-5-7-16)27-21-10-8-18(25)14-20(21)24(28)30/h1,8-11,13-16H,3-7,12H2. The zero-order chi connectivity index (χ0) is 23.4. The van der Waals surface area contributed by atoms with Crippen molar-refractivity contribution in [3.05, 3.63) is 72.7 Å². The topological polar surface area (TPSA) is 99.6 Å². The first kappa shape index (κ1) is 22.7. The lowest BCUT2D eigenvalue weighted by atomic mass is 9.88. The Labute approximate surface area is 198 Å². The Kier molecular flexibility index (Phi) is 6.84. The quantitative estimate of drug-likeness (QED) is 0.201. The molecule has 33 heavy (non-hydrogen) atoms. The van der Waals surface area contributed by atoms with Gasteiger partial charge in [-0.05, 0) is 37.1 Å². The Morgan fingerprint density at radius 2 is 2.06 bits per heavy atom. The molecule has 0 atom stereocenters. The lowest BCUT2D eigenvalue weighted by Crippen LogP contribution is -2.25. The van der Waals surface area contributed by atoms with Crippen LogP contribution in [0.15, 0.2) is 50.8 Å². The van der Waals surface area contributed by atoms with Crippen molar-refractivity contribution in [2.24, 2.45) is 5.10 Å². The largest absolute Gasteiger partial charge is 0.480 e. The number of halogens is 1. The number of aromatic nitrogens is 2. The number of fused-ring (bicyclic) bond motifs is 1. The first-order chi connectivity index (χ1) is 16.0. The minimum absolute atomic E-state index is 0.00250. The Balaban J connectivity index is 1.86. The molecule has 4 rings (SSSR count). The van der Waals surface area contributed by atoms with Crippen LogP contribution in [0.5, 0.6) is 5.75 Å². The number of nitro groups is 1. The van der Waals surface area contributed by atoms with Gasteiger partial charge in [0.15, 0.2) is 0 Å². The van der Waals surface area contributed by atoms with E-state index in [-0.39, 0.29) is 23.8 Å². The number of hydrogen-bond donors (Lipinski definition) is 0. The fourth-order valence-electron chi connectivity index (χ4n) is 4.02. The van der Waals surface area contributed by atoms with E-state index in [4.69, 9.17) is 16.1 Å². The van der Waals surface area contributed by atoms with E-state index in [0.29, 0.717) is 28.0 Å². The summed E-state index contributed by atoms with van der Waals surface area (Å²) in [7, 11) is 0. The summed E-state index contributed by atoms with van der Waals surface area (Å²) < 4.78 is 7.59. The number of hydrogen-bond acceptors (Lipinski definition) is 6. The second kappa shape index (κ2) is 9.96. The molecule has 1 heterocycles. The van der Waals surface area contributed by atoms with Crippen molar-refractivity contribution >= 4 is 38.7 Å². The first-order valence-corrected chi connectivity index (χ1v) is 11.4. The van der Waals surface area contributed by atoms with Gasteiger partial charge in [0, 0.05) is 28.1 Å². The summed E-state index contributed by atoms with van der Waals surface area (Å²) in [5.41, 5.74) is 0.540. The smallest absolute Gasteiger partial charge is 0.282 e. The SMILES string of the molecule is C#CCOc1ccc([N+](=O)[O-])cc1C=Nn1c(C2CCCCC2)nc2ccc(Br)cc2c1=O. The van der Waals surface area contributed by atoms with E-state index in [1.54, 1.807) is 6.07 Å². The van der Waals surface area contributed by atoms with Crippen molar-refractivity contribution in [3.8, 4) is 18.1 Å². The highest BCUT2D eigenvalue weighted by atomic mass is 79.9. The second-order valence-electron chi connectivity index (χ2n) is 7.80. The predicted molar refractivity (Wildman–Crippen MR) is 130 cm³/mol. The van der Waals surface area contributed by atoms with Crippen molar-refractivity contribution in [2.45, 2.75) is 38.0 Å². The zero-order valence-corrected chi connectivity index (χ0v) is 19.3. The zero-order valence-electron chi connectivity index (χ0n) is 17.7. The van der Waals surface area contributed by atoms with E-state index in [0.717, 1.165) is 36.6 Å². The summed E-state index contributed by atoms with van der Waals surface area (Å²) in [6, 6.07) is 9.52. The van der Waals surface area contributed by atoms with E-state index in [1.807, 2.05) is 12.1 Å². The van der Waals surface area contributed by atoms with Gasteiger partial charge < -0.3 is 4.74 Å². The maximum atomic E-state index is 13.4. The van der Waals surface area contributed by atoms with Gasteiger partial charge in [-0.15, -0.1) is 6.42 Å². The molecular formula is C24H21BrN4O4. The van der Waals surface area contributed by atoms with Gasteiger partial charge in [-0.2, -0.15) is 9.78 Å². The average Bonchev–Trinajstić information content (AvgIpc) is 2.83. The minimum Gasteiger partial charge on any atom is -0.480 e. The molecule has 1 aliphatic rings. The number of non-ortho nitro benzene ring substituents is 1. The number of ether oxygens (including phenoxy) is 1. The van der Waals surface area contributed by atoms with Crippen LogP contribution in [0.25, 0.3) is 10.9 Å². The third-order valence-corrected chi connectivity index (χ3v) is 6.12. The molecule has 1 fully saturated rings. The molecule has 8 nitrogen and oxygen atoms in total. The molecule has 3 aromatic rings. The molecular weight excluding hydrogens is 488 g/mol. The van der Waals surface area contributed by atoms with E-state index in [9.17, 15) is 14.9 Å². The minimum atomic E-state index is -0.503. The van der Waals surface area contributed by atoms with E-state index in [1.165, 1.54) is 29.1 Å². The van der Waals surface area contributed by atoms with Gasteiger partial charge in [-0.3, -0.25) is 14.9 Å². The maximum absolute atomic E-state index is 13.4. The summed E-state index contributed by atoms with van der Waals surface area (Å²) in [6.45, 7) is -0.00250. The lowest BCUT2D eigenvalue weighted by molar-refractivity contribution is -0.384. The molecule has 0 amide bonds. The van der Waals surface area contributed by atoms with Gasteiger partial charge in [0.2, 0.25) is 0 Å². The Hall–Kier alpha value is -3.51. The van der Waals surface area contributed by atoms with Crippen LogP contribution < -0.4 is 10.3 Å². The van der Waals surface area contributed by atoms with Crippen LogP contribution in [-0.2, 0) is 0 Å². The van der Waals surface area contributed by atoms with Crippen LogP contribution >= 0.6 is 15.9 Å². The van der Waals surface area contributed by atoms with Gasteiger partial charge in [-0.1, -0.05) is 41.1 Å². The van der Waals surface area contributed by atoms with E-state index in [2.05, 4.69) is 27.0 Å². The summed E-state index contributed by atoms with van der Waals surface area (Å²) >= 11 is 3.41. The Morgan fingerprint density at radius 3 is 2.79 bits per heavy atom. The number of nitro benzene ring substituents is 1. The predicted octanol–water partition coefficient (Wildman–Crippen LogP) is 5.01. The molecule has 168 valence electrons. The normalized spacial score (nSPS) is 14.4. The molecule has 0 N–H and O–H groups in total. The second-order valence-corrected chi connectivity index (χ2v) is 8.72. The molecule has 0 unspecified atom stereocenters. The molecule has 0 spiro atoms. The first-order valence-electron chi connectivity index (χ1n) is 10.6. The van der Waals surface area contributed by atoms with Crippen molar-refractivity contribution < 1.29 is 9.66 Å². The lowest BCUT2D eigenvalue weighted by Gasteiger charge is -2.22. The summed E-state index contributed by atoms with van der Waals surface area (Å²) in [6.07, 6.45) is 11.8. The number of nitrogens with zero attached hydrogens (tertiary/aromatic N) is 4. The highest BCUT2D eigenvalue weighted by Crippen LogP contribution is 2.32. The van der Waals surface area contributed by atoms with Crippen LogP contribution in [0.2, 0.25) is 0 Å².